The second-order valence-corrected chi connectivity index (χ2v) is 4.49. The number of nitrogens with two attached hydrogens (primary N) is 1. The van der Waals surface area contributed by atoms with Gasteiger partial charge in [0.15, 0.2) is 0 Å². The molecule has 1 atom stereocenters. The lowest BCUT2D eigenvalue weighted by Gasteiger charge is -2.17. The number of aryl methyl sites for hydroxylation is 1. The Morgan fingerprint density at radius 3 is 3.06 bits per heavy atom. The van der Waals surface area contributed by atoms with Crippen LogP contribution in [0.4, 0.5) is 0 Å². The molecule has 2 rings (SSSR count). The van der Waals surface area contributed by atoms with Gasteiger partial charge in [-0.15, -0.1) is 0 Å². The summed E-state index contributed by atoms with van der Waals surface area (Å²) in [7, 11) is 0. The third-order valence-electron chi connectivity index (χ3n) is 3.29. The van der Waals surface area contributed by atoms with Crippen LogP contribution in [-0.4, -0.2) is 9.55 Å². The van der Waals surface area contributed by atoms with E-state index in [1.54, 1.807) is 0 Å². The van der Waals surface area contributed by atoms with E-state index in [9.17, 15) is 0 Å². The molecule has 0 radical (unpaired) electrons. The van der Waals surface area contributed by atoms with Crippen molar-refractivity contribution in [3.63, 3.8) is 0 Å². The van der Waals surface area contributed by atoms with Gasteiger partial charge in [0.05, 0.1) is 6.04 Å². The number of hydrogen-bond donors (Lipinski definition) is 1. The summed E-state index contributed by atoms with van der Waals surface area (Å²) in [5.41, 5.74) is 7.74. The molecule has 0 fully saturated rings. The molecule has 1 unspecified atom stereocenters. The van der Waals surface area contributed by atoms with Crippen LogP contribution in [0.5, 0.6) is 0 Å². The molecule has 0 saturated heterocycles. The standard InChI is InChI=1S/C13H21N3/c1-2-16-9-8-15-13(16)12(14)10-11-6-4-3-5-7-11/h6,8-9,12H,2-5,7,10,14H2,1H3. The number of nitrogens with zero attached hydrogens (tertiary/aromatic N) is 2. The maximum Gasteiger partial charge on any atom is 0.125 e. The summed E-state index contributed by atoms with van der Waals surface area (Å²) in [5.74, 6) is 1.02. The molecular weight excluding hydrogens is 198 g/mol. The van der Waals surface area contributed by atoms with Crippen molar-refractivity contribution in [3.8, 4) is 0 Å². The van der Waals surface area contributed by atoms with Crippen molar-refractivity contribution in [1.82, 2.24) is 9.55 Å². The first kappa shape index (κ1) is 11.4. The molecule has 1 aliphatic carbocycles. The van der Waals surface area contributed by atoms with E-state index in [-0.39, 0.29) is 6.04 Å². The lowest BCUT2D eigenvalue weighted by Crippen LogP contribution is -2.17. The van der Waals surface area contributed by atoms with Crippen LogP contribution >= 0.6 is 0 Å². The van der Waals surface area contributed by atoms with Crippen LogP contribution in [0, 0.1) is 0 Å². The fourth-order valence-corrected chi connectivity index (χ4v) is 2.38. The minimum Gasteiger partial charge on any atom is -0.334 e. The van der Waals surface area contributed by atoms with Gasteiger partial charge in [0, 0.05) is 18.9 Å². The van der Waals surface area contributed by atoms with Gasteiger partial charge in [-0.1, -0.05) is 11.6 Å². The van der Waals surface area contributed by atoms with E-state index >= 15 is 0 Å². The Kier molecular flexibility index (Phi) is 3.78. The zero-order valence-electron chi connectivity index (χ0n) is 10.0. The molecule has 1 aromatic heterocycles. The van der Waals surface area contributed by atoms with Gasteiger partial charge < -0.3 is 10.3 Å². The molecule has 0 aromatic carbocycles. The molecule has 16 heavy (non-hydrogen) atoms. The average molecular weight is 219 g/mol. The predicted octanol–water partition coefficient (Wildman–Crippen LogP) is 2.79. The molecule has 0 aliphatic heterocycles. The molecule has 3 nitrogen and oxygen atoms in total. The highest BCUT2D eigenvalue weighted by Gasteiger charge is 2.14. The summed E-state index contributed by atoms with van der Waals surface area (Å²) in [6, 6.07) is 0.0549. The van der Waals surface area contributed by atoms with Gasteiger partial charge in [-0.2, -0.15) is 0 Å². The third kappa shape index (κ3) is 2.53. The van der Waals surface area contributed by atoms with Crippen LogP contribution in [0.3, 0.4) is 0 Å². The maximum absolute atomic E-state index is 6.22. The van der Waals surface area contributed by atoms with Crippen LogP contribution in [0.15, 0.2) is 24.0 Å². The second-order valence-electron chi connectivity index (χ2n) is 4.49. The Hall–Kier alpha value is -1.09. The van der Waals surface area contributed by atoms with Gasteiger partial charge >= 0.3 is 0 Å². The Bertz CT molecular complexity index is 365. The van der Waals surface area contributed by atoms with Crippen LogP contribution in [0.2, 0.25) is 0 Å². The average Bonchev–Trinajstić information content (AvgIpc) is 2.78. The first-order valence-electron chi connectivity index (χ1n) is 6.25. The number of hydrogen-bond acceptors (Lipinski definition) is 2. The summed E-state index contributed by atoms with van der Waals surface area (Å²) >= 11 is 0. The van der Waals surface area contributed by atoms with E-state index in [4.69, 9.17) is 5.73 Å². The van der Waals surface area contributed by atoms with Gasteiger partial charge in [0.2, 0.25) is 0 Å². The normalized spacial score (nSPS) is 18.2. The first-order valence-corrected chi connectivity index (χ1v) is 6.25. The Morgan fingerprint density at radius 1 is 1.50 bits per heavy atom. The smallest absolute Gasteiger partial charge is 0.125 e. The highest BCUT2D eigenvalue weighted by molar-refractivity contribution is 5.10. The van der Waals surface area contributed by atoms with E-state index < -0.39 is 0 Å². The van der Waals surface area contributed by atoms with E-state index in [0.717, 1.165) is 18.8 Å². The molecule has 0 bridgehead atoms. The minimum absolute atomic E-state index is 0.0549. The molecule has 0 spiro atoms. The van der Waals surface area contributed by atoms with E-state index in [2.05, 4.69) is 22.6 Å². The van der Waals surface area contributed by atoms with Crippen molar-refractivity contribution < 1.29 is 0 Å². The highest BCUT2D eigenvalue weighted by Crippen LogP contribution is 2.25. The largest absolute Gasteiger partial charge is 0.334 e. The van der Waals surface area contributed by atoms with Crippen molar-refractivity contribution in [2.75, 3.05) is 0 Å². The molecule has 88 valence electrons. The molecule has 2 N–H and O–H groups in total. The zero-order chi connectivity index (χ0) is 11.4. The van der Waals surface area contributed by atoms with Crippen molar-refractivity contribution in [1.29, 1.82) is 0 Å². The molecular formula is C13H21N3. The van der Waals surface area contributed by atoms with Gasteiger partial charge in [0.1, 0.15) is 5.82 Å². The molecule has 1 aliphatic rings. The summed E-state index contributed by atoms with van der Waals surface area (Å²) in [5, 5.41) is 0. The lowest BCUT2D eigenvalue weighted by atomic mass is 9.94. The van der Waals surface area contributed by atoms with E-state index in [0.29, 0.717) is 0 Å². The van der Waals surface area contributed by atoms with Crippen LogP contribution in [0.25, 0.3) is 0 Å². The second kappa shape index (κ2) is 5.30. The SMILES string of the molecule is CCn1ccnc1C(N)CC1=CCCCC1. The topological polar surface area (TPSA) is 43.8 Å². The highest BCUT2D eigenvalue weighted by atomic mass is 15.1. The number of rotatable bonds is 4. The summed E-state index contributed by atoms with van der Waals surface area (Å²) < 4.78 is 2.13. The quantitative estimate of drug-likeness (QED) is 0.791. The molecule has 3 heteroatoms. The predicted molar refractivity (Wildman–Crippen MR) is 66.0 cm³/mol. The molecule has 0 saturated carbocycles. The first-order chi connectivity index (χ1) is 7.81. The summed E-state index contributed by atoms with van der Waals surface area (Å²) in [6.07, 6.45) is 12.3. The Labute approximate surface area is 97.4 Å². The van der Waals surface area contributed by atoms with Gasteiger partial charge in [-0.25, -0.2) is 4.98 Å². The van der Waals surface area contributed by atoms with Gasteiger partial charge in [-0.3, -0.25) is 0 Å². The number of aromatic nitrogens is 2. The van der Waals surface area contributed by atoms with E-state index in [1.165, 1.54) is 31.3 Å². The summed E-state index contributed by atoms with van der Waals surface area (Å²) in [6.45, 7) is 3.07. The fourth-order valence-electron chi connectivity index (χ4n) is 2.38. The van der Waals surface area contributed by atoms with Crippen molar-refractivity contribution in [3.05, 3.63) is 29.9 Å². The zero-order valence-corrected chi connectivity index (χ0v) is 10.0. The Morgan fingerprint density at radius 2 is 2.38 bits per heavy atom. The van der Waals surface area contributed by atoms with Crippen molar-refractivity contribution >= 4 is 0 Å². The maximum atomic E-state index is 6.22. The van der Waals surface area contributed by atoms with Crippen LogP contribution in [0.1, 0.15) is 50.9 Å². The lowest BCUT2D eigenvalue weighted by molar-refractivity contribution is 0.572. The summed E-state index contributed by atoms with van der Waals surface area (Å²) in [4.78, 5) is 4.36. The van der Waals surface area contributed by atoms with Crippen LogP contribution < -0.4 is 5.73 Å². The molecule has 1 heterocycles. The van der Waals surface area contributed by atoms with Crippen LogP contribution in [-0.2, 0) is 6.54 Å². The van der Waals surface area contributed by atoms with Gasteiger partial charge in [-0.05, 0) is 39.0 Å². The molecule has 0 amide bonds. The third-order valence-corrected chi connectivity index (χ3v) is 3.29. The Balaban J connectivity index is 2.02. The van der Waals surface area contributed by atoms with Crippen molar-refractivity contribution in [2.45, 2.75) is 51.6 Å². The number of allylic oxidation sites excluding steroid dienone is 1. The molecule has 1 aromatic rings. The van der Waals surface area contributed by atoms with E-state index in [1.807, 2.05) is 12.4 Å². The van der Waals surface area contributed by atoms with Crippen molar-refractivity contribution in [2.24, 2.45) is 5.73 Å². The number of imidazole rings is 1. The minimum atomic E-state index is 0.0549. The fraction of sp³-hybridized carbons (Fsp3) is 0.615. The van der Waals surface area contributed by atoms with Gasteiger partial charge in [0.25, 0.3) is 0 Å². The monoisotopic (exact) mass is 219 g/mol.